The predicted octanol–water partition coefficient (Wildman–Crippen LogP) is 3.49. The third-order valence-corrected chi connectivity index (χ3v) is 2.80. The summed E-state index contributed by atoms with van der Waals surface area (Å²) < 4.78 is 32.1. The molecule has 0 radical (unpaired) electrons. The van der Waals surface area contributed by atoms with Crippen LogP contribution in [0.3, 0.4) is 0 Å². The molecular formula is C15H19F2NO3. The first-order valence-corrected chi connectivity index (χ1v) is 6.73. The molecule has 0 saturated carbocycles. The summed E-state index contributed by atoms with van der Waals surface area (Å²) in [5.41, 5.74) is 0.950. The van der Waals surface area contributed by atoms with Crippen molar-refractivity contribution in [2.75, 3.05) is 13.7 Å². The highest BCUT2D eigenvalue weighted by molar-refractivity contribution is 6.00. The molecule has 0 aliphatic rings. The fourth-order valence-electron chi connectivity index (χ4n) is 1.80. The maximum Gasteiger partial charge on any atom is 0.381 e. The van der Waals surface area contributed by atoms with Crippen molar-refractivity contribution in [3.05, 3.63) is 35.4 Å². The van der Waals surface area contributed by atoms with Crippen LogP contribution in [-0.2, 0) is 20.3 Å². The normalized spacial score (nSPS) is 12.1. The average Bonchev–Trinajstić information content (AvgIpc) is 2.47. The molecule has 4 nitrogen and oxygen atoms in total. The van der Waals surface area contributed by atoms with Crippen molar-refractivity contribution >= 4 is 11.7 Å². The fraction of sp³-hybridized carbons (Fsp3) is 0.467. The third-order valence-electron chi connectivity index (χ3n) is 2.80. The maximum absolute atomic E-state index is 13.8. The zero-order chi connectivity index (χ0) is 15.9. The molecule has 1 aromatic rings. The van der Waals surface area contributed by atoms with E-state index in [0.29, 0.717) is 17.7 Å². The van der Waals surface area contributed by atoms with Crippen LogP contribution in [-0.4, -0.2) is 25.4 Å². The van der Waals surface area contributed by atoms with E-state index in [4.69, 9.17) is 4.84 Å². The number of hydrogen-bond acceptors (Lipinski definition) is 4. The smallest absolute Gasteiger partial charge is 0.381 e. The van der Waals surface area contributed by atoms with Crippen LogP contribution in [0.25, 0.3) is 0 Å². The van der Waals surface area contributed by atoms with Crippen LogP contribution < -0.4 is 0 Å². The number of benzene rings is 1. The van der Waals surface area contributed by atoms with E-state index in [1.807, 2.05) is 6.92 Å². The highest BCUT2D eigenvalue weighted by atomic mass is 19.3. The standard InChI is InChI=1S/C15H19F2NO3/c1-4-6-13(18-20-3)11-7-9-12(10-8-11)15(16,17)14(19)21-5-2/h7-10H,4-6H2,1-3H3/b18-13+. The van der Waals surface area contributed by atoms with Crippen LogP contribution >= 0.6 is 0 Å². The summed E-state index contributed by atoms with van der Waals surface area (Å²) in [5.74, 6) is -5.20. The van der Waals surface area contributed by atoms with Crippen molar-refractivity contribution in [2.24, 2.45) is 5.16 Å². The van der Waals surface area contributed by atoms with Crippen LogP contribution in [0.2, 0.25) is 0 Å². The Bertz CT molecular complexity index is 498. The second-order valence-electron chi connectivity index (χ2n) is 4.34. The van der Waals surface area contributed by atoms with Crippen LogP contribution in [0.1, 0.15) is 37.8 Å². The number of oxime groups is 1. The second-order valence-corrected chi connectivity index (χ2v) is 4.34. The SMILES string of the molecule is CCC/C(=N\OC)c1ccc(C(F)(F)C(=O)OCC)cc1. The first-order chi connectivity index (χ1) is 9.97. The Labute approximate surface area is 122 Å². The van der Waals surface area contributed by atoms with Crippen molar-refractivity contribution in [3.8, 4) is 0 Å². The van der Waals surface area contributed by atoms with Gasteiger partial charge in [-0.15, -0.1) is 0 Å². The van der Waals surface area contributed by atoms with Gasteiger partial charge in [-0.2, -0.15) is 8.78 Å². The number of esters is 1. The van der Waals surface area contributed by atoms with E-state index in [0.717, 1.165) is 6.42 Å². The molecule has 0 N–H and O–H groups in total. The summed E-state index contributed by atoms with van der Waals surface area (Å²) in [7, 11) is 1.43. The Morgan fingerprint density at radius 1 is 1.24 bits per heavy atom. The largest absolute Gasteiger partial charge is 0.461 e. The molecule has 0 aliphatic heterocycles. The lowest BCUT2D eigenvalue weighted by Gasteiger charge is -2.15. The van der Waals surface area contributed by atoms with Gasteiger partial charge >= 0.3 is 11.9 Å². The van der Waals surface area contributed by atoms with E-state index in [-0.39, 0.29) is 6.61 Å². The van der Waals surface area contributed by atoms with Crippen LogP contribution in [0, 0.1) is 0 Å². The van der Waals surface area contributed by atoms with Gasteiger partial charge in [-0.25, -0.2) is 4.79 Å². The van der Waals surface area contributed by atoms with Gasteiger partial charge in [-0.05, 0) is 18.9 Å². The van der Waals surface area contributed by atoms with Gasteiger partial charge in [0.05, 0.1) is 12.3 Å². The van der Waals surface area contributed by atoms with Crippen LogP contribution in [0.15, 0.2) is 29.4 Å². The zero-order valence-corrected chi connectivity index (χ0v) is 12.4. The van der Waals surface area contributed by atoms with Crippen LogP contribution in [0.4, 0.5) is 8.78 Å². The molecule has 0 aliphatic carbocycles. The molecule has 0 saturated heterocycles. The molecule has 1 aromatic carbocycles. The minimum absolute atomic E-state index is 0.0896. The number of nitrogens with zero attached hydrogens (tertiary/aromatic N) is 1. The Balaban J connectivity index is 3.01. The molecule has 0 heterocycles. The van der Waals surface area contributed by atoms with E-state index in [1.165, 1.54) is 38.3 Å². The van der Waals surface area contributed by atoms with Crippen LogP contribution in [0.5, 0.6) is 0 Å². The highest BCUT2D eigenvalue weighted by Gasteiger charge is 2.42. The number of rotatable bonds is 7. The monoisotopic (exact) mass is 299 g/mol. The lowest BCUT2D eigenvalue weighted by molar-refractivity contribution is -0.173. The number of hydrogen-bond donors (Lipinski definition) is 0. The lowest BCUT2D eigenvalue weighted by Crippen LogP contribution is -2.28. The second kappa shape index (κ2) is 7.71. The topological polar surface area (TPSA) is 47.9 Å². The number of carbonyl (C=O) groups excluding carboxylic acids is 1. The molecule has 0 atom stereocenters. The van der Waals surface area contributed by atoms with Crippen molar-refractivity contribution < 1.29 is 23.1 Å². The van der Waals surface area contributed by atoms with Gasteiger partial charge in [0.2, 0.25) is 0 Å². The fourth-order valence-corrected chi connectivity index (χ4v) is 1.80. The summed E-state index contributed by atoms with van der Waals surface area (Å²) in [6, 6.07) is 5.39. The summed E-state index contributed by atoms with van der Waals surface area (Å²) in [6.07, 6.45) is 1.52. The van der Waals surface area contributed by atoms with Gasteiger partial charge in [-0.3, -0.25) is 0 Å². The number of alkyl halides is 2. The van der Waals surface area contributed by atoms with Crippen molar-refractivity contribution in [3.63, 3.8) is 0 Å². The van der Waals surface area contributed by atoms with E-state index in [2.05, 4.69) is 9.89 Å². The lowest BCUT2D eigenvalue weighted by atomic mass is 10.0. The maximum atomic E-state index is 13.8. The van der Waals surface area contributed by atoms with Crippen molar-refractivity contribution in [1.82, 2.24) is 0 Å². The summed E-state index contributed by atoms with van der Waals surface area (Å²) in [6.45, 7) is 3.37. The molecule has 0 aromatic heterocycles. The van der Waals surface area contributed by atoms with Gasteiger partial charge in [0, 0.05) is 5.56 Å². The molecule has 21 heavy (non-hydrogen) atoms. The summed E-state index contributed by atoms with van der Waals surface area (Å²) in [4.78, 5) is 16.0. The van der Waals surface area contributed by atoms with Crippen molar-refractivity contribution in [1.29, 1.82) is 0 Å². The average molecular weight is 299 g/mol. The Hall–Kier alpha value is -1.98. The Kier molecular flexibility index (Phi) is 6.27. The molecule has 1 rings (SSSR count). The minimum atomic E-state index is -3.65. The molecule has 0 bridgehead atoms. The molecule has 0 unspecified atom stereocenters. The molecule has 0 amide bonds. The van der Waals surface area contributed by atoms with Gasteiger partial charge in [0.15, 0.2) is 0 Å². The van der Waals surface area contributed by atoms with Gasteiger partial charge in [0.1, 0.15) is 7.11 Å². The quantitative estimate of drug-likeness (QED) is 0.440. The highest BCUT2D eigenvalue weighted by Crippen LogP contribution is 2.29. The summed E-state index contributed by atoms with van der Waals surface area (Å²) in [5, 5.41) is 3.88. The minimum Gasteiger partial charge on any atom is -0.461 e. The molecule has 0 fully saturated rings. The molecule has 6 heteroatoms. The first kappa shape index (κ1) is 17.1. The van der Waals surface area contributed by atoms with Gasteiger partial charge in [-0.1, -0.05) is 42.8 Å². The van der Waals surface area contributed by atoms with E-state index >= 15 is 0 Å². The van der Waals surface area contributed by atoms with E-state index < -0.39 is 17.5 Å². The Morgan fingerprint density at radius 2 is 1.86 bits per heavy atom. The molecular weight excluding hydrogens is 280 g/mol. The first-order valence-electron chi connectivity index (χ1n) is 6.73. The number of halogens is 2. The number of ether oxygens (including phenoxy) is 1. The van der Waals surface area contributed by atoms with Gasteiger partial charge in [0.25, 0.3) is 0 Å². The Morgan fingerprint density at radius 3 is 2.33 bits per heavy atom. The third kappa shape index (κ3) is 4.24. The van der Waals surface area contributed by atoms with Crippen molar-refractivity contribution in [2.45, 2.75) is 32.6 Å². The van der Waals surface area contributed by atoms with Gasteiger partial charge < -0.3 is 9.57 Å². The molecule has 0 spiro atoms. The van der Waals surface area contributed by atoms with E-state index in [9.17, 15) is 13.6 Å². The zero-order valence-electron chi connectivity index (χ0n) is 12.4. The van der Waals surface area contributed by atoms with E-state index in [1.54, 1.807) is 0 Å². The molecule has 116 valence electrons. The predicted molar refractivity (Wildman–Crippen MR) is 75.4 cm³/mol. The number of carbonyl (C=O) groups is 1. The summed E-state index contributed by atoms with van der Waals surface area (Å²) >= 11 is 0.